The van der Waals surface area contributed by atoms with Crippen molar-refractivity contribution in [3.8, 4) is 0 Å². The van der Waals surface area contributed by atoms with Gasteiger partial charge >= 0.3 is 0 Å². The van der Waals surface area contributed by atoms with Crippen molar-refractivity contribution in [1.29, 1.82) is 0 Å². The molecule has 0 heteroatoms. The summed E-state index contributed by atoms with van der Waals surface area (Å²) in [4.78, 5) is 0. The van der Waals surface area contributed by atoms with Crippen LogP contribution in [-0.2, 0) is 0 Å². The van der Waals surface area contributed by atoms with Gasteiger partial charge in [0, 0.05) is 0 Å². The van der Waals surface area contributed by atoms with E-state index < -0.39 is 0 Å². The van der Waals surface area contributed by atoms with Crippen LogP contribution in [0.2, 0.25) is 0 Å². The number of rotatable bonds is 0. The van der Waals surface area contributed by atoms with Crippen LogP contribution in [0, 0.1) is 162 Å². The largest absolute Gasteiger partial charge is 0.0616 e. The molecule has 0 amide bonds. The molecule has 20 saturated carbocycles. The molecule has 0 nitrogen and oxygen atoms in total. The zero-order chi connectivity index (χ0) is 26.9. The summed E-state index contributed by atoms with van der Waals surface area (Å²) in [7, 11) is 0. The summed E-state index contributed by atoms with van der Waals surface area (Å²) in [6, 6.07) is 0. The highest BCUT2D eigenvalue weighted by atomic mass is 15.6. The first-order valence-electron chi connectivity index (χ1n) is 19.2. The number of hydrogen-bond donors (Lipinski definition) is 0. The minimum absolute atomic E-state index is 0.479. The number of hydrogen-bond acceptors (Lipinski definition) is 0. The highest BCUT2D eigenvalue weighted by Crippen LogP contribution is 3.61. The average Bonchev–Trinajstić information content (AvgIpc) is 2.88. The predicted molar refractivity (Wildman–Crippen MR) is 147 cm³/mol. The topological polar surface area (TPSA) is 0 Å². The van der Waals surface area contributed by atoms with Crippen molar-refractivity contribution in [3.05, 3.63) is 0 Å². The van der Waals surface area contributed by atoms with Crippen LogP contribution < -0.4 is 0 Å². The van der Waals surface area contributed by atoms with Crippen LogP contribution >= 0.6 is 0 Å². The maximum Gasteiger partial charge on any atom is -0.000442 e. The predicted octanol–water partition coefficient (Wildman–Crippen LogP) is 7.14. The lowest BCUT2D eigenvalue weighted by atomic mass is 8.43. The van der Waals surface area contributed by atoms with Crippen LogP contribution in [0.25, 0.3) is 0 Å². The van der Waals surface area contributed by atoms with E-state index in [1.807, 2.05) is 0 Å². The van der Waals surface area contributed by atoms with E-state index in [4.69, 9.17) is 0 Å². The van der Waals surface area contributed by atoms with Gasteiger partial charge in [0.2, 0.25) is 0 Å². The first-order chi connectivity index (χ1) is 19.2. The Labute approximate surface area is 243 Å². The molecule has 28 unspecified atom stereocenters. The second kappa shape index (κ2) is 2.78. The summed E-state index contributed by atoms with van der Waals surface area (Å²) >= 11 is 0. The monoisotopic (exact) mass is 536 g/mol. The van der Waals surface area contributed by atoms with Crippen molar-refractivity contribution in [2.75, 3.05) is 0 Å². The van der Waals surface area contributed by atoms with Gasteiger partial charge in [-0.15, -0.1) is 0 Å². The van der Waals surface area contributed by atoms with Crippen molar-refractivity contribution in [2.24, 2.45) is 162 Å². The van der Waals surface area contributed by atoms with E-state index in [2.05, 4.69) is 76.2 Å². The van der Waals surface area contributed by atoms with Crippen LogP contribution in [0.5, 0.6) is 0 Å². The molecule has 20 rings (SSSR count). The lowest BCUT2D eigenvalue weighted by molar-refractivity contribution is -1.14. The summed E-state index contributed by atoms with van der Waals surface area (Å²) in [5.41, 5.74) is 15.4. The van der Waals surface area contributed by atoms with Crippen molar-refractivity contribution < 1.29 is 0 Å². The molecule has 0 saturated heterocycles. The van der Waals surface area contributed by atoms with Crippen molar-refractivity contribution in [1.82, 2.24) is 0 Å². The first-order valence-corrected chi connectivity index (χ1v) is 19.2. The van der Waals surface area contributed by atoms with Crippen LogP contribution in [0.1, 0.15) is 82.6 Å². The van der Waals surface area contributed by atoms with Gasteiger partial charge in [-0.1, -0.05) is 76.2 Å². The SMILES string of the molecule is CC1C2C3C4CC5C6C7C8C(C)C9(C)C%10(C)C%11(C)C(C)(C)C%12(C)C%13(C)C%14(C)C1(C)C21C32C45C63C74C89C%105C%11%12C%136C%141C23C456. The fourth-order valence-corrected chi connectivity index (χ4v) is 37.2. The van der Waals surface area contributed by atoms with Crippen LogP contribution in [0.15, 0.2) is 0 Å². The summed E-state index contributed by atoms with van der Waals surface area (Å²) in [6.45, 7) is 32.7. The van der Waals surface area contributed by atoms with Gasteiger partial charge in [-0.05, 0) is 168 Å². The first kappa shape index (κ1) is 18.2. The third-order valence-electron chi connectivity index (χ3n) is 32.1. The molecule has 0 aliphatic heterocycles. The molecule has 12 spiro atoms. The van der Waals surface area contributed by atoms with Gasteiger partial charge < -0.3 is 0 Å². The van der Waals surface area contributed by atoms with E-state index in [-0.39, 0.29) is 0 Å². The Kier molecular flexibility index (Phi) is 1.23. The molecule has 0 aromatic heterocycles. The maximum absolute atomic E-state index is 3.08. The Morgan fingerprint density at radius 3 is 1.54 bits per heavy atom. The molecule has 0 radical (unpaired) electrons. The van der Waals surface area contributed by atoms with Gasteiger partial charge in [-0.2, -0.15) is 0 Å². The second-order valence-corrected chi connectivity index (χ2v) is 24.7. The minimum Gasteiger partial charge on any atom is -0.0616 e. The third-order valence-corrected chi connectivity index (χ3v) is 32.1. The van der Waals surface area contributed by atoms with Gasteiger partial charge in [-0.25, -0.2) is 0 Å². The molecule has 0 aromatic rings. The lowest BCUT2D eigenvalue weighted by Gasteiger charge is -3.59. The Morgan fingerprint density at radius 1 is 0.390 bits per heavy atom. The van der Waals surface area contributed by atoms with E-state index in [1.165, 1.54) is 41.4 Å². The van der Waals surface area contributed by atoms with Crippen LogP contribution in [0.3, 0.4) is 0 Å². The molecule has 41 heavy (non-hydrogen) atoms. The van der Waals surface area contributed by atoms with Gasteiger partial charge in [0.15, 0.2) is 0 Å². The van der Waals surface area contributed by atoms with Crippen LogP contribution in [0.4, 0.5) is 0 Å². The molecular weight excluding hydrogens is 492 g/mol. The molecule has 20 fully saturated rings. The molecule has 208 valence electrons. The Morgan fingerprint density at radius 2 is 0.878 bits per heavy atom. The van der Waals surface area contributed by atoms with Gasteiger partial charge in [-0.3, -0.25) is 0 Å². The van der Waals surface area contributed by atoms with E-state index in [0.717, 1.165) is 76.8 Å². The average molecular weight is 537 g/mol. The van der Waals surface area contributed by atoms with Crippen molar-refractivity contribution in [3.63, 3.8) is 0 Å². The fraction of sp³-hybridized carbons (Fsp3) is 1.00. The molecule has 20 aliphatic rings. The zero-order valence-corrected chi connectivity index (χ0v) is 26.9. The minimum atomic E-state index is 0.479. The molecule has 0 bridgehead atoms. The van der Waals surface area contributed by atoms with Gasteiger partial charge in [0.1, 0.15) is 0 Å². The quantitative estimate of drug-likeness (QED) is 0.309. The summed E-state index contributed by atoms with van der Waals surface area (Å²) in [5.74, 6) is 10.7. The third kappa shape index (κ3) is 0.434. The van der Waals surface area contributed by atoms with Crippen LogP contribution in [-0.4, -0.2) is 0 Å². The normalized spacial score (nSPS) is 116. The van der Waals surface area contributed by atoms with E-state index in [9.17, 15) is 0 Å². The van der Waals surface area contributed by atoms with E-state index in [1.54, 1.807) is 6.42 Å². The second-order valence-electron chi connectivity index (χ2n) is 24.7. The smallest absolute Gasteiger partial charge is 0.000442 e. The zero-order valence-electron chi connectivity index (χ0n) is 26.9. The molecular formula is C41H44. The molecule has 0 heterocycles. The van der Waals surface area contributed by atoms with Crippen molar-refractivity contribution >= 4 is 0 Å². The van der Waals surface area contributed by atoms with E-state index in [0.29, 0.717) is 43.3 Å². The molecule has 28 atom stereocenters. The van der Waals surface area contributed by atoms with Crippen molar-refractivity contribution in [2.45, 2.75) is 82.6 Å². The van der Waals surface area contributed by atoms with Gasteiger partial charge in [0.05, 0.1) is 0 Å². The molecule has 0 aromatic carbocycles. The molecule has 20 aliphatic carbocycles. The number of fused-ring (bicyclic) bond motifs is 10. The van der Waals surface area contributed by atoms with E-state index >= 15 is 0 Å². The lowest BCUT2D eigenvalue weighted by Crippen LogP contribution is -3.58. The highest BCUT2D eigenvalue weighted by Gasteiger charge is 3.60. The standard InChI is InChI=1S/C41H44/c1-13-17-19-15-12-16-20-21-18-14(2)23(5)27(9)25(7)22(3,4)26(8)29(11)28(10)24(13,6)31(17)33(19)30(15,16)34(20)35(21)32(18,23)37(27)36(25,26)39(29)38(28,31)40(33,34)41(35,37)39/h13-21H,12H2,1-11H3. The summed E-state index contributed by atoms with van der Waals surface area (Å²) in [6.07, 6.45) is 1.74. The fourth-order valence-electron chi connectivity index (χ4n) is 37.2. The maximum atomic E-state index is 3.08. The highest BCUT2D eigenvalue weighted by molar-refractivity contribution is 6.04. The Balaban J connectivity index is 1.07. The Bertz CT molecular complexity index is 2130. The van der Waals surface area contributed by atoms with Gasteiger partial charge in [0.25, 0.3) is 0 Å². The summed E-state index contributed by atoms with van der Waals surface area (Å²) < 4.78 is 0. The Hall–Kier alpha value is 0. The summed E-state index contributed by atoms with van der Waals surface area (Å²) in [5, 5.41) is 0. The molecule has 0 N–H and O–H groups in total.